The van der Waals surface area contributed by atoms with Crippen LogP contribution < -0.4 is 5.32 Å². The number of halogens is 3. The quantitative estimate of drug-likeness (QED) is 0.837. The van der Waals surface area contributed by atoms with Gasteiger partial charge in [-0.15, -0.1) is 0 Å². The Kier molecular flexibility index (Phi) is 4.71. The van der Waals surface area contributed by atoms with Crippen molar-refractivity contribution in [3.05, 3.63) is 68.4 Å². The first-order chi connectivity index (χ1) is 9.04. The molecule has 2 nitrogen and oxygen atoms in total. The zero-order chi connectivity index (χ0) is 13.8. The summed E-state index contributed by atoms with van der Waals surface area (Å²) < 4.78 is 14.6. The average Bonchev–Trinajstić information content (AvgIpc) is 2.35. The van der Waals surface area contributed by atoms with E-state index in [9.17, 15) is 9.18 Å². The first kappa shape index (κ1) is 14.2. The molecule has 0 saturated heterocycles. The van der Waals surface area contributed by atoms with Gasteiger partial charge in [-0.1, -0.05) is 44.0 Å². The van der Waals surface area contributed by atoms with Crippen molar-refractivity contribution >= 4 is 37.8 Å². The normalized spacial score (nSPS) is 10.3. The molecule has 0 aliphatic heterocycles. The summed E-state index contributed by atoms with van der Waals surface area (Å²) in [7, 11) is 0. The van der Waals surface area contributed by atoms with Gasteiger partial charge >= 0.3 is 0 Å². The number of benzene rings is 2. The maximum Gasteiger partial charge on any atom is 0.251 e. The molecule has 0 saturated carbocycles. The van der Waals surface area contributed by atoms with Crippen LogP contribution in [-0.4, -0.2) is 5.91 Å². The molecule has 0 aliphatic carbocycles. The van der Waals surface area contributed by atoms with Crippen LogP contribution in [0.2, 0.25) is 0 Å². The molecule has 2 aromatic rings. The lowest BCUT2D eigenvalue weighted by Crippen LogP contribution is -2.22. The molecular formula is C14H10Br2FNO. The third kappa shape index (κ3) is 4.14. The first-order valence-corrected chi connectivity index (χ1v) is 7.12. The molecule has 1 amide bonds. The Balaban J connectivity index is 2.05. The molecule has 0 unspecified atom stereocenters. The van der Waals surface area contributed by atoms with E-state index in [2.05, 4.69) is 37.2 Å². The zero-order valence-electron chi connectivity index (χ0n) is 9.79. The lowest BCUT2D eigenvalue weighted by atomic mass is 10.2. The molecule has 2 rings (SSSR count). The molecule has 0 atom stereocenters. The Labute approximate surface area is 127 Å². The lowest BCUT2D eigenvalue weighted by molar-refractivity contribution is 0.0950. The highest BCUT2D eigenvalue weighted by Gasteiger charge is 2.07. The topological polar surface area (TPSA) is 29.1 Å². The van der Waals surface area contributed by atoms with Crippen molar-refractivity contribution in [2.45, 2.75) is 6.54 Å². The van der Waals surface area contributed by atoms with Gasteiger partial charge in [0.15, 0.2) is 0 Å². The SMILES string of the molecule is O=C(NCc1cccc(F)c1)c1cc(Br)cc(Br)c1. The largest absolute Gasteiger partial charge is 0.348 e. The van der Waals surface area contributed by atoms with E-state index in [4.69, 9.17) is 0 Å². The molecule has 98 valence electrons. The zero-order valence-corrected chi connectivity index (χ0v) is 13.0. The Morgan fingerprint density at radius 1 is 1.11 bits per heavy atom. The fraction of sp³-hybridized carbons (Fsp3) is 0.0714. The smallest absolute Gasteiger partial charge is 0.251 e. The van der Waals surface area contributed by atoms with Gasteiger partial charge in [0.05, 0.1) is 0 Å². The monoisotopic (exact) mass is 385 g/mol. The standard InChI is InChI=1S/C14H10Br2FNO/c15-11-5-10(6-12(16)7-11)14(19)18-8-9-2-1-3-13(17)4-9/h1-7H,8H2,(H,18,19). The molecule has 1 N–H and O–H groups in total. The molecule has 0 heterocycles. The van der Waals surface area contributed by atoms with Crippen LogP contribution in [0.4, 0.5) is 4.39 Å². The maximum absolute atomic E-state index is 13.0. The molecule has 5 heteroatoms. The van der Waals surface area contributed by atoms with Crippen LogP contribution in [0.25, 0.3) is 0 Å². The van der Waals surface area contributed by atoms with E-state index in [1.54, 1.807) is 24.3 Å². The molecule has 0 spiro atoms. The van der Waals surface area contributed by atoms with Gasteiger partial charge in [0.1, 0.15) is 5.82 Å². The van der Waals surface area contributed by atoms with E-state index in [1.165, 1.54) is 12.1 Å². The molecule has 0 fully saturated rings. The van der Waals surface area contributed by atoms with E-state index in [1.807, 2.05) is 6.07 Å². The second-order valence-corrected chi connectivity index (χ2v) is 5.80. The summed E-state index contributed by atoms with van der Waals surface area (Å²) >= 11 is 6.65. The molecule has 0 aliphatic rings. The Bertz CT molecular complexity index is 596. The summed E-state index contributed by atoms with van der Waals surface area (Å²) in [6, 6.07) is 11.5. The van der Waals surface area contributed by atoms with E-state index < -0.39 is 0 Å². The van der Waals surface area contributed by atoms with Gasteiger partial charge in [-0.3, -0.25) is 4.79 Å². The molecule has 2 aromatic carbocycles. The average molecular weight is 387 g/mol. The number of hydrogen-bond donors (Lipinski definition) is 1. The Hall–Kier alpha value is -1.20. The van der Waals surface area contributed by atoms with E-state index in [-0.39, 0.29) is 11.7 Å². The van der Waals surface area contributed by atoms with Crippen LogP contribution in [-0.2, 0) is 6.54 Å². The molecular weight excluding hydrogens is 377 g/mol. The Morgan fingerprint density at radius 3 is 2.42 bits per heavy atom. The van der Waals surface area contributed by atoms with Crippen molar-refractivity contribution in [3.8, 4) is 0 Å². The lowest BCUT2D eigenvalue weighted by Gasteiger charge is -2.06. The number of carbonyl (C=O) groups is 1. The van der Waals surface area contributed by atoms with Gasteiger partial charge in [-0.05, 0) is 35.9 Å². The summed E-state index contributed by atoms with van der Waals surface area (Å²) in [5.41, 5.74) is 1.26. The van der Waals surface area contributed by atoms with Gasteiger partial charge < -0.3 is 5.32 Å². The van der Waals surface area contributed by atoms with Crippen LogP contribution >= 0.6 is 31.9 Å². The first-order valence-electron chi connectivity index (χ1n) is 5.53. The highest BCUT2D eigenvalue weighted by Crippen LogP contribution is 2.20. The highest BCUT2D eigenvalue weighted by atomic mass is 79.9. The summed E-state index contributed by atoms with van der Waals surface area (Å²) in [5.74, 6) is -0.511. The van der Waals surface area contributed by atoms with Crippen molar-refractivity contribution in [3.63, 3.8) is 0 Å². The summed E-state index contributed by atoms with van der Waals surface area (Å²) in [6.45, 7) is 0.292. The van der Waals surface area contributed by atoms with E-state index in [0.29, 0.717) is 12.1 Å². The van der Waals surface area contributed by atoms with Gasteiger partial charge in [0, 0.05) is 21.1 Å². The summed E-state index contributed by atoms with van der Waals surface area (Å²) in [5, 5.41) is 2.75. The van der Waals surface area contributed by atoms with E-state index in [0.717, 1.165) is 14.5 Å². The van der Waals surface area contributed by atoms with Crippen LogP contribution in [0, 0.1) is 5.82 Å². The van der Waals surface area contributed by atoms with Gasteiger partial charge in [-0.2, -0.15) is 0 Å². The minimum Gasteiger partial charge on any atom is -0.348 e. The number of carbonyl (C=O) groups excluding carboxylic acids is 1. The number of nitrogens with one attached hydrogen (secondary N) is 1. The predicted molar refractivity (Wildman–Crippen MR) is 79.4 cm³/mol. The summed E-state index contributed by atoms with van der Waals surface area (Å²) in [4.78, 5) is 12.0. The van der Waals surface area contributed by atoms with Crippen molar-refractivity contribution in [2.75, 3.05) is 0 Å². The number of amides is 1. The second kappa shape index (κ2) is 6.30. The minimum atomic E-state index is -0.308. The highest BCUT2D eigenvalue weighted by molar-refractivity contribution is 9.11. The maximum atomic E-state index is 13.0. The number of hydrogen-bond acceptors (Lipinski definition) is 1. The minimum absolute atomic E-state index is 0.203. The van der Waals surface area contributed by atoms with Crippen molar-refractivity contribution < 1.29 is 9.18 Å². The third-order valence-corrected chi connectivity index (χ3v) is 3.38. The van der Waals surface area contributed by atoms with Crippen LogP contribution in [0.3, 0.4) is 0 Å². The van der Waals surface area contributed by atoms with Crippen molar-refractivity contribution in [1.29, 1.82) is 0 Å². The fourth-order valence-electron chi connectivity index (χ4n) is 1.62. The van der Waals surface area contributed by atoms with Crippen LogP contribution in [0.1, 0.15) is 15.9 Å². The summed E-state index contributed by atoms with van der Waals surface area (Å²) in [6.07, 6.45) is 0. The van der Waals surface area contributed by atoms with E-state index >= 15 is 0 Å². The molecule has 0 aromatic heterocycles. The fourth-order valence-corrected chi connectivity index (χ4v) is 2.91. The van der Waals surface area contributed by atoms with Crippen LogP contribution in [0.15, 0.2) is 51.4 Å². The number of rotatable bonds is 3. The third-order valence-electron chi connectivity index (χ3n) is 2.47. The van der Waals surface area contributed by atoms with Gasteiger partial charge in [0.2, 0.25) is 0 Å². The van der Waals surface area contributed by atoms with Gasteiger partial charge in [0.25, 0.3) is 5.91 Å². The Morgan fingerprint density at radius 2 is 1.79 bits per heavy atom. The molecule has 0 radical (unpaired) electrons. The molecule has 19 heavy (non-hydrogen) atoms. The van der Waals surface area contributed by atoms with Gasteiger partial charge in [-0.25, -0.2) is 4.39 Å². The van der Waals surface area contributed by atoms with Crippen LogP contribution in [0.5, 0.6) is 0 Å². The second-order valence-electron chi connectivity index (χ2n) is 3.97. The predicted octanol–water partition coefficient (Wildman–Crippen LogP) is 4.28. The van der Waals surface area contributed by atoms with Crippen molar-refractivity contribution in [2.24, 2.45) is 0 Å². The molecule has 0 bridgehead atoms. The van der Waals surface area contributed by atoms with Crippen molar-refractivity contribution in [1.82, 2.24) is 5.32 Å².